The summed E-state index contributed by atoms with van der Waals surface area (Å²) in [5.41, 5.74) is 1.94. The highest BCUT2D eigenvalue weighted by molar-refractivity contribution is 5.87. The molecule has 0 saturated carbocycles. The molecule has 0 fully saturated rings. The smallest absolute Gasteiger partial charge is 0.273 e. The number of nitrogens with one attached hydrogen (secondary N) is 2. The average molecular weight is 425 g/mol. The van der Waals surface area contributed by atoms with Gasteiger partial charge in [0.2, 0.25) is 5.91 Å². The van der Waals surface area contributed by atoms with Gasteiger partial charge in [-0.2, -0.15) is 0 Å². The number of halogens is 2. The minimum absolute atomic E-state index is 0.140. The highest BCUT2D eigenvalue weighted by atomic mass is 19.1. The summed E-state index contributed by atoms with van der Waals surface area (Å²) in [5.74, 6) is -1.82. The number of aryl methyl sites for hydroxylation is 1. The molecular formula is C23H21F2N3O3. The van der Waals surface area contributed by atoms with Gasteiger partial charge in [0.1, 0.15) is 17.3 Å². The van der Waals surface area contributed by atoms with Crippen LogP contribution < -0.4 is 20.9 Å². The van der Waals surface area contributed by atoms with Gasteiger partial charge in [0.25, 0.3) is 5.56 Å². The first-order chi connectivity index (χ1) is 14.8. The molecule has 3 rings (SSSR count). The van der Waals surface area contributed by atoms with Gasteiger partial charge in [0, 0.05) is 44.0 Å². The van der Waals surface area contributed by atoms with E-state index in [-0.39, 0.29) is 29.5 Å². The molecule has 0 aliphatic heterocycles. The van der Waals surface area contributed by atoms with Gasteiger partial charge >= 0.3 is 0 Å². The molecule has 0 unspecified atom stereocenters. The zero-order valence-electron chi connectivity index (χ0n) is 17.0. The summed E-state index contributed by atoms with van der Waals surface area (Å²) in [6, 6.07) is 9.76. The molecule has 3 aromatic rings. The number of carbonyl (C=O) groups excluding carboxylic acids is 1. The Morgan fingerprint density at radius 3 is 2.65 bits per heavy atom. The van der Waals surface area contributed by atoms with Crippen LogP contribution in [0.2, 0.25) is 0 Å². The number of hydrogen-bond acceptors (Lipinski definition) is 4. The van der Waals surface area contributed by atoms with Crippen LogP contribution >= 0.6 is 0 Å². The molecule has 2 N–H and O–H groups in total. The molecular weight excluding hydrogens is 404 g/mol. The van der Waals surface area contributed by atoms with Crippen LogP contribution in [0.3, 0.4) is 0 Å². The third-order valence-electron chi connectivity index (χ3n) is 4.61. The predicted molar refractivity (Wildman–Crippen MR) is 115 cm³/mol. The van der Waals surface area contributed by atoms with E-state index >= 15 is 0 Å². The standard InChI is InChI=1S/C23H21F2N3O3/c1-4-21(29)27-12-14-6-5-7-20(31-19-9-8-16(24)11-17(19)25)22(14)15-10-18(26-2)23(30)28(3)13-15/h4-11,13,26H,1,12H2,2-3H3,(H,27,29). The number of ether oxygens (including phenoxy) is 1. The molecule has 1 aromatic heterocycles. The highest BCUT2D eigenvalue weighted by Gasteiger charge is 2.17. The van der Waals surface area contributed by atoms with Gasteiger partial charge in [-0.3, -0.25) is 9.59 Å². The average Bonchev–Trinajstić information content (AvgIpc) is 2.75. The molecule has 0 radical (unpaired) electrons. The second kappa shape index (κ2) is 9.25. The molecule has 1 amide bonds. The summed E-state index contributed by atoms with van der Waals surface area (Å²) in [5, 5.41) is 5.55. The monoisotopic (exact) mass is 425 g/mol. The molecule has 8 heteroatoms. The van der Waals surface area contributed by atoms with Crippen molar-refractivity contribution in [1.82, 2.24) is 9.88 Å². The minimum Gasteiger partial charge on any atom is -0.454 e. The normalized spacial score (nSPS) is 10.5. The molecule has 160 valence electrons. The van der Waals surface area contributed by atoms with Crippen molar-refractivity contribution in [2.24, 2.45) is 7.05 Å². The summed E-state index contributed by atoms with van der Waals surface area (Å²) < 4.78 is 34.7. The van der Waals surface area contributed by atoms with E-state index in [0.717, 1.165) is 18.2 Å². The number of hydrogen-bond donors (Lipinski definition) is 2. The molecule has 31 heavy (non-hydrogen) atoms. The lowest BCUT2D eigenvalue weighted by molar-refractivity contribution is -0.116. The van der Waals surface area contributed by atoms with Crippen LogP contribution in [0.4, 0.5) is 14.5 Å². The minimum atomic E-state index is -0.854. The predicted octanol–water partition coefficient (Wildman–Crippen LogP) is 3.97. The van der Waals surface area contributed by atoms with Crippen LogP contribution in [-0.2, 0) is 18.4 Å². The Labute approximate surface area is 177 Å². The molecule has 6 nitrogen and oxygen atoms in total. The fourth-order valence-corrected chi connectivity index (χ4v) is 3.10. The third kappa shape index (κ3) is 4.80. The Kier molecular flexibility index (Phi) is 6.49. The van der Waals surface area contributed by atoms with Gasteiger partial charge < -0.3 is 19.9 Å². The first-order valence-electron chi connectivity index (χ1n) is 9.38. The Hall–Kier alpha value is -3.94. The van der Waals surface area contributed by atoms with Crippen molar-refractivity contribution in [1.29, 1.82) is 0 Å². The van der Waals surface area contributed by atoms with Crippen molar-refractivity contribution >= 4 is 11.6 Å². The zero-order chi connectivity index (χ0) is 22.5. The Balaban J connectivity index is 2.17. The fraction of sp³-hybridized carbons (Fsp3) is 0.130. The Bertz CT molecular complexity index is 1210. The van der Waals surface area contributed by atoms with E-state index in [2.05, 4.69) is 17.2 Å². The van der Waals surface area contributed by atoms with Crippen LogP contribution in [0, 0.1) is 11.6 Å². The molecule has 0 spiro atoms. The zero-order valence-corrected chi connectivity index (χ0v) is 17.0. The topological polar surface area (TPSA) is 72.4 Å². The summed E-state index contributed by atoms with van der Waals surface area (Å²) in [7, 11) is 3.23. The number of pyridine rings is 1. The number of rotatable bonds is 7. The van der Waals surface area contributed by atoms with E-state index < -0.39 is 11.6 Å². The maximum Gasteiger partial charge on any atom is 0.273 e. The van der Waals surface area contributed by atoms with E-state index in [1.165, 1.54) is 10.6 Å². The van der Waals surface area contributed by atoms with Gasteiger partial charge in [0.05, 0.1) is 0 Å². The van der Waals surface area contributed by atoms with Crippen molar-refractivity contribution in [3.63, 3.8) is 0 Å². The summed E-state index contributed by atoms with van der Waals surface area (Å²) in [4.78, 5) is 24.0. The third-order valence-corrected chi connectivity index (χ3v) is 4.61. The van der Waals surface area contributed by atoms with Gasteiger partial charge in [0.15, 0.2) is 11.6 Å². The summed E-state index contributed by atoms with van der Waals surface area (Å²) >= 11 is 0. The lowest BCUT2D eigenvalue weighted by atomic mass is 9.99. The number of anilines is 1. The van der Waals surface area contributed by atoms with Crippen molar-refractivity contribution in [3.05, 3.63) is 88.9 Å². The maximum atomic E-state index is 14.2. The number of carbonyl (C=O) groups is 1. The first-order valence-corrected chi connectivity index (χ1v) is 9.38. The van der Waals surface area contributed by atoms with Crippen LogP contribution in [-0.4, -0.2) is 17.5 Å². The van der Waals surface area contributed by atoms with Crippen molar-refractivity contribution < 1.29 is 18.3 Å². The van der Waals surface area contributed by atoms with Gasteiger partial charge in [-0.15, -0.1) is 0 Å². The van der Waals surface area contributed by atoms with Crippen LogP contribution in [0.1, 0.15) is 5.56 Å². The number of amides is 1. The summed E-state index contributed by atoms with van der Waals surface area (Å²) in [6.45, 7) is 3.57. The van der Waals surface area contributed by atoms with E-state index in [0.29, 0.717) is 22.4 Å². The van der Waals surface area contributed by atoms with E-state index in [9.17, 15) is 18.4 Å². The van der Waals surface area contributed by atoms with Gasteiger partial charge in [-0.25, -0.2) is 8.78 Å². The Morgan fingerprint density at radius 1 is 1.19 bits per heavy atom. The van der Waals surface area contributed by atoms with Crippen LogP contribution in [0.25, 0.3) is 11.1 Å². The molecule has 0 aliphatic carbocycles. The lowest BCUT2D eigenvalue weighted by Gasteiger charge is -2.18. The van der Waals surface area contributed by atoms with E-state index in [1.807, 2.05) is 0 Å². The van der Waals surface area contributed by atoms with Gasteiger partial charge in [-0.1, -0.05) is 18.7 Å². The fourth-order valence-electron chi connectivity index (χ4n) is 3.10. The molecule has 0 bridgehead atoms. The Morgan fingerprint density at radius 2 is 1.97 bits per heavy atom. The maximum absolute atomic E-state index is 14.2. The van der Waals surface area contributed by atoms with Crippen LogP contribution in [0.15, 0.2) is 66.1 Å². The van der Waals surface area contributed by atoms with Crippen molar-refractivity contribution in [3.8, 4) is 22.6 Å². The quantitative estimate of drug-likeness (QED) is 0.562. The molecule has 2 aromatic carbocycles. The van der Waals surface area contributed by atoms with Crippen molar-refractivity contribution in [2.75, 3.05) is 12.4 Å². The van der Waals surface area contributed by atoms with Gasteiger partial charge in [-0.05, 0) is 35.9 Å². The molecule has 0 atom stereocenters. The highest BCUT2D eigenvalue weighted by Crippen LogP contribution is 2.37. The van der Waals surface area contributed by atoms with Crippen molar-refractivity contribution in [2.45, 2.75) is 6.54 Å². The van der Waals surface area contributed by atoms with E-state index in [1.54, 1.807) is 44.6 Å². The largest absolute Gasteiger partial charge is 0.454 e. The first kappa shape index (κ1) is 21.8. The molecule has 0 aliphatic rings. The van der Waals surface area contributed by atoms with E-state index in [4.69, 9.17) is 4.74 Å². The second-order valence-corrected chi connectivity index (χ2v) is 6.70. The number of aromatic nitrogens is 1. The summed E-state index contributed by atoms with van der Waals surface area (Å²) in [6.07, 6.45) is 2.77. The van der Waals surface area contributed by atoms with Crippen LogP contribution in [0.5, 0.6) is 11.5 Å². The molecule has 0 saturated heterocycles. The second-order valence-electron chi connectivity index (χ2n) is 6.70. The number of nitrogens with zero attached hydrogens (tertiary/aromatic N) is 1. The molecule has 1 heterocycles. The lowest BCUT2D eigenvalue weighted by Crippen LogP contribution is -2.21. The number of benzene rings is 2. The SMILES string of the molecule is C=CC(=O)NCc1cccc(Oc2ccc(F)cc2F)c1-c1cc(NC)c(=O)n(C)c1.